The van der Waals surface area contributed by atoms with Crippen LogP contribution in [0.5, 0.6) is 0 Å². The normalized spacial score (nSPS) is 13.4. The molecule has 0 fully saturated rings. The molecule has 0 radical (unpaired) electrons. The Morgan fingerprint density at radius 1 is 0.237 bits per heavy atom. The zero-order valence-electron chi connectivity index (χ0n) is 33.0. The zero-order valence-corrected chi connectivity index (χ0v) is 33.0. The first-order chi connectivity index (χ1) is 29.0. The summed E-state index contributed by atoms with van der Waals surface area (Å²) >= 11 is 0. The zero-order chi connectivity index (χ0) is 39.0. The van der Waals surface area contributed by atoms with Crippen LogP contribution in [0.1, 0.15) is 25.0 Å². The van der Waals surface area contributed by atoms with Gasteiger partial charge in [0.15, 0.2) is 0 Å². The fourth-order valence-electron chi connectivity index (χ4n) is 11.1. The first kappa shape index (κ1) is 32.8. The van der Waals surface area contributed by atoms with Crippen LogP contribution in [0.25, 0.3) is 122 Å². The van der Waals surface area contributed by atoms with Gasteiger partial charge < -0.3 is 0 Å². The Labute approximate surface area is 344 Å². The molecule has 274 valence electrons. The van der Waals surface area contributed by atoms with Crippen molar-refractivity contribution < 1.29 is 0 Å². The van der Waals surface area contributed by atoms with Gasteiger partial charge in [-0.1, -0.05) is 184 Å². The quantitative estimate of drug-likeness (QED) is 0.168. The Bertz CT molecular complexity index is 3210. The van der Waals surface area contributed by atoms with Gasteiger partial charge in [0.05, 0.1) is 0 Å². The smallest absolute Gasteiger partial charge is 0.0159 e. The number of hydrogen-bond donors (Lipinski definition) is 0. The second-order valence-corrected chi connectivity index (χ2v) is 17.1. The van der Waals surface area contributed by atoms with E-state index in [0.29, 0.717) is 0 Å². The maximum atomic E-state index is 2.53. The van der Waals surface area contributed by atoms with Crippen LogP contribution in [0.2, 0.25) is 0 Å². The van der Waals surface area contributed by atoms with Gasteiger partial charge in [-0.25, -0.2) is 0 Å². The van der Waals surface area contributed by atoms with E-state index >= 15 is 0 Å². The number of fused-ring (bicyclic) bond motifs is 9. The first-order valence-corrected chi connectivity index (χ1v) is 20.8. The summed E-state index contributed by atoms with van der Waals surface area (Å²) in [4.78, 5) is 0. The molecule has 0 heteroatoms. The lowest BCUT2D eigenvalue weighted by atomic mass is 9.80. The molecule has 10 aromatic carbocycles. The van der Waals surface area contributed by atoms with Crippen LogP contribution in [0.4, 0.5) is 0 Å². The van der Waals surface area contributed by atoms with Crippen molar-refractivity contribution in [1.82, 2.24) is 0 Å². The standard InChI is InChI=1S/C59H38/c1-59(2)55-33-51-47-29-27-41(39-21-11-9-19-37(39)35-15-5-3-6-16-35)43-23-13-25-45(57(43)47)49(51)31-53(55)54-32-50-46-26-14-24-44-42(28-30-48(58(44)46)52(50)34-56(54)59)40-22-12-10-20-38(40)36-17-7-4-8-18-36/h3-34H,1-2H3. The van der Waals surface area contributed by atoms with Crippen molar-refractivity contribution in [2.75, 3.05) is 0 Å². The van der Waals surface area contributed by atoms with Crippen molar-refractivity contribution in [3.63, 3.8) is 0 Å². The molecule has 0 heterocycles. The third kappa shape index (κ3) is 4.44. The summed E-state index contributed by atoms with van der Waals surface area (Å²) in [7, 11) is 0. The predicted molar refractivity (Wildman–Crippen MR) is 250 cm³/mol. The van der Waals surface area contributed by atoms with E-state index in [2.05, 4.69) is 208 Å². The maximum absolute atomic E-state index is 2.53. The molecule has 0 spiro atoms. The molecule has 0 bridgehead atoms. The molecule has 13 rings (SSSR count). The van der Waals surface area contributed by atoms with Crippen molar-refractivity contribution in [3.05, 3.63) is 205 Å². The average molecular weight is 747 g/mol. The summed E-state index contributed by atoms with van der Waals surface area (Å²) in [5.74, 6) is 0. The molecule has 59 heavy (non-hydrogen) atoms. The van der Waals surface area contributed by atoms with Gasteiger partial charge in [-0.05, 0) is 157 Å². The largest absolute Gasteiger partial charge is 0.0622 e. The molecule has 0 saturated heterocycles. The van der Waals surface area contributed by atoms with Gasteiger partial charge in [-0.3, -0.25) is 0 Å². The number of rotatable bonds is 4. The van der Waals surface area contributed by atoms with E-state index < -0.39 is 0 Å². The molecule has 0 amide bonds. The lowest BCUT2D eigenvalue weighted by molar-refractivity contribution is 0.661. The van der Waals surface area contributed by atoms with Crippen LogP contribution < -0.4 is 0 Å². The highest BCUT2D eigenvalue weighted by Gasteiger charge is 2.40. The van der Waals surface area contributed by atoms with E-state index in [-0.39, 0.29) is 5.41 Å². The Morgan fingerprint density at radius 3 is 1.02 bits per heavy atom. The van der Waals surface area contributed by atoms with Crippen molar-refractivity contribution in [3.8, 4) is 100 Å². The lowest BCUT2D eigenvalue weighted by Gasteiger charge is -2.23. The molecule has 0 aromatic heterocycles. The first-order valence-electron chi connectivity index (χ1n) is 20.8. The predicted octanol–water partition coefficient (Wildman–Crippen LogP) is 16.3. The molecule has 0 unspecified atom stereocenters. The monoisotopic (exact) mass is 746 g/mol. The summed E-state index contributed by atoms with van der Waals surface area (Å²) in [6.45, 7) is 4.86. The average Bonchev–Trinajstić information content (AvgIpc) is 3.87. The van der Waals surface area contributed by atoms with E-state index in [4.69, 9.17) is 0 Å². The molecule has 0 atom stereocenters. The number of hydrogen-bond acceptors (Lipinski definition) is 0. The van der Waals surface area contributed by atoms with Crippen LogP contribution in [0.15, 0.2) is 194 Å². The summed E-state index contributed by atoms with van der Waals surface area (Å²) in [6, 6.07) is 72.8. The van der Waals surface area contributed by atoms with Crippen LogP contribution in [-0.2, 0) is 5.41 Å². The van der Waals surface area contributed by atoms with Gasteiger partial charge in [-0.15, -0.1) is 0 Å². The second-order valence-electron chi connectivity index (χ2n) is 17.1. The van der Waals surface area contributed by atoms with Crippen LogP contribution in [0.3, 0.4) is 0 Å². The summed E-state index contributed by atoms with van der Waals surface area (Å²) in [5.41, 5.74) is 26.3. The minimum atomic E-state index is -0.153. The van der Waals surface area contributed by atoms with Crippen LogP contribution >= 0.6 is 0 Å². The molecule has 3 aliphatic rings. The second kappa shape index (κ2) is 11.9. The Hall–Kier alpha value is -7.28. The van der Waals surface area contributed by atoms with Gasteiger partial charge in [0.25, 0.3) is 0 Å². The van der Waals surface area contributed by atoms with Gasteiger partial charge in [0, 0.05) is 5.41 Å². The minimum Gasteiger partial charge on any atom is -0.0622 e. The van der Waals surface area contributed by atoms with E-state index in [1.165, 1.54) is 133 Å². The summed E-state index contributed by atoms with van der Waals surface area (Å²) < 4.78 is 0. The van der Waals surface area contributed by atoms with Gasteiger partial charge in [0.2, 0.25) is 0 Å². The highest BCUT2D eigenvalue weighted by molar-refractivity contribution is 6.22. The minimum absolute atomic E-state index is 0.153. The van der Waals surface area contributed by atoms with E-state index in [9.17, 15) is 0 Å². The van der Waals surface area contributed by atoms with E-state index in [0.717, 1.165) is 0 Å². The lowest BCUT2D eigenvalue weighted by Crippen LogP contribution is -2.15. The van der Waals surface area contributed by atoms with Crippen molar-refractivity contribution >= 4 is 21.5 Å². The van der Waals surface area contributed by atoms with Gasteiger partial charge in [-0.2, -0.15) is 0 Å². The highest BCUT2D eigenvalue weighted by atomic mass is 14.4. The fourth-order valence-corrected chi connectivity index (χ4v) is 11.1. The maximum Gasteiger partial charge on any atom is 0.0159 e. The molecule has 0 aliphatic heterocycles. The van der Waals surface area contributed by atoms with E-state index in [1.54, 1.807) is 0 Å². The molecule has 10 aromatic rings. The van der Waals surface area contributed by atoms with Crippen molar-refractivity contribution in [2.45, 2.75) is 19.3 Å². The molecule has 0 saturated carbocycles. The van der Waals surface area contributed by atoms with Crippen molar-refractivity contribution in [2.24, 2.45) is 0 Å². The third-order valence-electron chi connectivity index (χ3n) is 13.8. The molecule has 0 nitrogen and oxygen atoms in total. The third-order valence-corrected chi connectivity index (χ3v) is 13.8. The fraction of sp³-hybridized carbons (Fsp3) is 0.0508. The van der Waals surface area contributed by atoms with Gasteiger partial charge >= 0.3 is 0 Å². The molecular weight excluding hydrogens is 709 g/mol. The Morgan fingerprint density at radius 2 is 0.576 bits per heavy atom. The van der Waals surface area contributed by atoms with E-state index in [1.807, 2.05) is 0 Å². The summed E-state index contributed by atoms with van der Waals surface area (Å²) in [5, 5.41) is 5.36. The highest BCUT2D eigenvalue weighted by Crippen LogP contribution is 2.60. The SMILES string of the molecule is CC1(C)c2cc3c(cc2-c2cc4c(cc21)-c1ccc(-c2ccccc2-c2ccccc2)c2cccc-4c12)-c1cccc2c(-c4ccccc4-c4ccccc4)ccc-3c12. The topological polar surface area (TPSA) is 0 Å². The van der Waals surface area contributed by atoms with Crippen LogP contribution in [0, 0.1) is 0 Å². The number of benzene rings is 10. The van der Waals surface area contributed by atoms with Crippen molar-refractivity contribution in [1.29, 1.82) is 0 Å². The Balaban J connectivity index is 0.966. The van der Waals surface area contributed by atoms with Crippen LogP contribution in [-0.4, -0.2) is 0 Å². The Kier molecular flexibility index (Phi) is 6.60. The molecule has 3 aliphatic carbocycles. The van der Waals surface area contributed by atoms with Gasteiger partial charge in [0.1, 0.15) is 0 Å². The molecule has 0 N–H and O–H groups in total. The summed E-state index contributed by atoms with van der Waals surface area (Å²) in [6.07, 6.45) is 0. The molecular formula is C59H38.